The second-order valence-corrected chi connectivity index (χ2v) is 3.92. The molecule has 0 atom stereocenters. The SMILES string of the molecule is CN(C)c1cccc2cccc(B(F)F)c12. The van der Waals surface area contributed by atoms with Crippen LogP contribution >= 0.6 is 0 Å². The first-order chi connectivity index (χ1) is 7.61. The maximum Gasteiger partial charge on any atom is 0.572 e. The summed E-state index contributed by atoms with van der Waals surface area (Å²) < 4.78 is 25.8. The van der Waals surface area contributed by atoms with Gasteiger partial charge < -0.3 is 4.90 Å². The smallest absolute Gasteiger partial charge is 0.377 e. The number of benzene rings is 2. The van der Waals surface area contributed by atoms with Gasteiger partial charge in [-0.2, -0.15) is 0 Å². The Balaban J connectivity index is 2.82. The molecule has 16 heavy (non-hydrogen) atoms. The number of hydrogen-bond donors (Lipinski definition) is 0. The molecular formula is C12H12BF2N. The number of halogens is 2. The zero-order valence-corrected chi connectivity index (χ0v) is 9.24. The van der Waals surface area contributed by atoms with Crippen molar-refractivity contribution in [2.75, 3.05) is 19.0 Å². The number of rotatable bonds is 2. The van der Waals surface area contributed by atoms with Gasteiger partial charge in [-0.1, -0.05) is 30.3 Å². The zero-order chi connectivity index (χ0) is 11.7. The molecular weight excluding hydrogens is 207 g/mol. The van der Waals surface area contributed by atoms with E-state index in [0.717, 1.165) is 11.1 Å². The summed E-state index contributed by atoms with van der Waals surface area (Å²) in [6.45, 7) is 0. The number of hydrogen-bond acceptors (Lipinski definition) is 1. The fraction of sp³-hybridized carbons (Fsp3) is 0.167. The molecule has 0 spiro atoms. The Morgan fingerprint density at radius 2 is 1.62 bits per heavy atom. The molecule has 0 amide bonds. The molecule has 2 aromatic rings. The van der Waals surface area contributed by atoms with Gasteiger partial charge in [-0.25, -0.2) is 0 Å². The Labute approximate surface area is 93.9 Å². The Kier molecular flexibility index (Phi) is 2.81. The minimum absolute atomic E-state index is 0.0989. The molecule has 2 rings (SSSR count). The summed E-state index contributed by atoms with van der Waals surface area (Å²) in [4.78, 5) is 1.86. The topological polar surface area (TPSA) is 3.24 Å². The lowest BCUT2D eigenvalue weighted by atomic mass is 9.81. The third-order valence-corrected chi connectivity index (χ3v) is 2.63. The summed E-state index contributed by atoms with van der Waals surface area (Å²) in [5.74, 6) is 0. The van der Waals surface area contributed by atoms with E-state index >= 15 is 0 Å². The minimum Gasteiger partial charge on any atom is -0.377 e. The highest BCUT2D eigenvalue weighted by atomic mass is 19.2. The van der Waals surface area contributed by atoms with E-state index in [1.807, 2.05) is 43.3 Å². The van der Waals surface area contributed by atoms with Gasteiger partial charge in [-0.3, -0.25) is 8.63 Å². The van der Waals surface area contributed by atoms with Gasteiger partial charge in [-0.05, 0) is 11.5 Å². The molecule has 0 fully saturated rings. The monoisotopic (exact) mass is 219 g/mol. The van der Waals surface area contributed by atoms with E-state index in [9.17, 15) is 8.63 Å². The van der Waals surface area contributed by atoms with Crippen molar-refractivity contribution in [2.45, 2.75) is 0 Å². The van der Waals surface area contributed by atoms with Crippen molar-refractivity contribution in [1.29, 1.82) is 0 Å². The Hall–Kier alpha value is -1.58. The molecule has 0 aliphatic heterocycles. The summed E-state index contributed by atoms with van der Waals surface area (Å²) in [5, 5.41) is 1.49. The van der Waals surface area contributed by atoms with E-state index in [2.05, 4.69) is 0 Å². The maximum atomic E-state index is 12.9. The normalized spacial score (nSPS) is 10.5. The zero-order valence-electron chi connectivity index (χ0n) is 9.24. The van der Waals surface area contributed by atoms with Crippen molar-refractivity contribution in [3.05, 3.63) is 36.4 Å². The van der Waals surface area contributed by atoms with Gasteiger partial charge in [0.1, 0.15) is 0 Å². The molecule has 2 aromatic carbocycles. The summed E-state index contributed by atoms with van der Waals surface area (Å²) in [7, 11) is 1.28. The van der Waals surface area contributed by atoms with Crippen molar-refractivity contribution >= 4 is 29.2 Å². The molecule has 0 heterocycles. The lowest BCUT2D eigenvalue weighted by molar-refractivity contribution is 0.685. The van der Waals surface area contributed by atoms with Gasteiger partial charge in [-0.15, -0.1) is 0 Å². The molecule has 82 valence electrons. The fourth-order valence-electron chi connectivity index (χ4n) is 1.90. The van der Waals surface area contributed by atoms with E-state index in [0.29, 0.717) is 5.39 Å². The van der Waals surface area contributed by atoms with Crippen LogP contribution < -0.4 is 10.4 Å². The van der Waals surface area contributed by atoms with Crippen LogP contribution in [-0.4, -0.2) is 21.4 Å². The van der Waals surface area contributed by atoms with Gasteiger partial charge in [0, 0.05) is 30.6 Å². The highest BCUT2D eigenvalue weighted by Crippen LogP contribution is 2.24. The first-order valence-corrected chi connectivity index (χ1v) is 5.08. The van der Waals surface area contributed by atoms with Crippen LogP contribution in [0, 0.1) is 0 Å². The lowest BCUT2D eigenvalue weighted by Gasteiger charge is -2.17. The highest BCUT2D eigenvalue weighted by Gasteiger charge is 2.20. The van der Waals surface area contributed by atoms with Crippen molar-refractivity contribution in [3.63, 3.8) is 0 Å². The van der Waals surface area contributed by atoms with Crippen LogP contribution in [0.4, 0.5) is 14.3 Å². The summed E-state index contributed by atoms with van der Waals surface area (Å²) in [6.07, 6.45) is 0. The lowest BCUT2D eigenvalue weighted by Crippen LogP contribution is -2.23. The van der Waals surface area contributed by atoms with Crippen LogP contribution in [0.3, 0.4) is 0 Å². The second kappa shape index (κ2) is 4.12. The van der Waals surface area contributed by atoms with Crippen LogP contribution in [0.25, 0.3) is 10.8 Å². The maximum absolute atomic E-state index is 12.9. The van der Waals surface area contributed by atoms with Crippen molar-refractivity contribution in [2.24, 2.45) is 0 Å². The molecule has 0 saturated heterocycles. The van der Waals surface area contributed by atoms with Gasteiger partial charge >= 0.3 is 7.27 Å². The van der Waals surface area contributed by atoms with Gasteiger partial charge in [0.05, 0.1) is 0 Å². The van der Waals surface area contributed by atoms with Gasteiger partial charge in [0.25, 0.3) is 0 Å². The van der Waals surface area contributed by atoms with E-state index in [-0.39, 0.29) is 5.46 Å². The van der Waals surface area contributed by atoms with Crippen molar-refractivity contribution < 1.29 is 8.63 Å². The van der Waals surface area contributed by atoms with Crippen LogP contribution in [-0.2, 0) is 0 Å². The van der Waals surface area contributed by atoms with Gasteiger partial charge in [0.2, 0.25) is 0 Å². The molecule has 0 saturated carbocycles. The first-order valence-electron chi connectivity index (χ1n) is 5.08. The van der Waals surface area contributed by atoms with E-state index < -0.39 is 7.27 Å². The summed E-state index contributed by atoms with van der Waals surface area (Å²) in [6, 6.07) is 10.6. The Morgan fingerprint density at radius 1 is 1.00 bits per heavy atom. The second-order valence-electron chi connectivity index (χ2n) is 3.92. The van der Waals surface area contributed by atoms with E-state index in [4.69, 9.17) is 0 Å². The number of fused-ring (bicyclic) bond motifs is 1. The molecule has 0 aliphatic carbocycles. The third kappa shape index (κ3) is 1.75. The predicted molar refractivity (Wildman–Crippen MR) is 65.9 cm³/mol. The van der Waals surface area contributed by atoms with Crippen molar-refractivity contribution in [1.82, 2.24) is 0 Å². The summed E-state index contributed by atoms with van der Waals surface area (Å²) >= 11 is 0. The van der Waals surface area contributed by atoms with Crippen LogP contribution in [0.2, 0.25) is 0 Å². The van der Waals surface area contributed by atoms with Crippen LogP contribution in [0.1, 0.15) is 0 Å². The minimum atomic E-state index is -2.44. The molecule has 1 nitrogen and oxygen atoms in total. The molecule has 0 aliphatic rings. The Bertz CT molecular complexity index is 469. The third-order valence-electron chi connectivity index (χ3n) is 2.63. The first kappa shape index (κ1) is 10.9. The predicted octanol–water partition coefficient (Wildman–Crippen LogP) is 2.54. The average molecular weight is 219 g/mol. The quantitative estimate of drug-likeness (QED) is 0.701. The largest absolute Gasteiger partial charge is 0.572 e. The average Bonchev–Trinajstić information content (AvgIpc) is 2.27. The van der Waals surface area contributed by atoms with E-state index in [1.165, 1.54) is 6.07 Å². The molecule has 0 aromatic heterocycles. The molecule has 0 unspecified atom stereocenters. The standard InChI is InChI=1S/C12H12BF2N/c1-16(2)11-8-4-6-9-5-3-7-10(12(9)11)13(14)15/h3-8H,1-2H3. The highest BCUT2D eigenvalue weighted by molar-refractivity contribution is 6.63. The number of anilines is 1. The molecule has 0 N–H and O–H groups in total. The molecule has 0 radical (unpaired) electrons. The van der Waals surface area contributed by atoms with Crippen LogP contribution in [0.15, 0.2) is 36.4 Å². The fourth-order valence-corrected chi connectivity index (χ4v) is 1.90. The van der Waals surface area contributed by atoms with Gasteiger partial charge in [0.15, 0.2) is 0 Å². The summed E-state index contributed by atoms with van der Waals surface area (Å²) in [5.41, 5.74) is 0.926. The Morgan fingerprint density at radius 3 is 2.19 bits per heavy atom. The molecule has 4 heteroatoms. The number of nitrogens with zero attached hydrogens (tertiary/aromatic N) is 1. The van der Waals surface area contributed by atoms with E-state index in [1.54, 1.807) is 6.07 Å². The molecule has 0 bridgehead atoms. The van der Waals surface area contributed by atoms with Crippen LogP contribution in [0.5, 0.6) is 0 Å². The van der Waals surface area contributed by atoms with Crippen molar-refractivity contribution in [3.8, 4) is 0 Å².